The van der Waals surface area contributed by atoms with Gasteiger partial charge in [0.05, 0.1) is 11.4 Å². The van der Waals surface area contributed by atoms with E-state index < -0.39 is 0 Å². The van der Waals surface area contributed by atoms with E-state index in [4.69, 9.17) is 0 Å². The van der Waals surface area contributed by atoms with Crippen LogP contribution in [0.5, 0.6) is 0 Å². The molecule has 3 rings (SSSR count). The van der Waals surface area contributed by atoms with Crippen LogP contribution in [-0.2, 0) is 11.2 Å². The summed E-state index contributed by atoms with van der Waals surface area (Å²) in [5, 5.41) is 7.94. The molecule has 0 saturated heterocycles. The molecule has 0 radical (unpaired) electrons. The van der Waals surface area contributed by atoms with Crippen LogP contribution in [0.25, 0.3) is 0 Å². The predicted octanol–water partition coefficient (Wildman–Crippen LogP) is 2.89. The van der Waals surface area contributed by atoms with Crippen LogP contribution >= 0.6 is 11.3 Å². The van der Waals surface area contributed by atoms with Crippen molar-refractivity contribution in [1.29, 1.82) is 0 Å². The van der Waals surface area contributed by atoms with Crippen LogP contribution in [0.2, 0.25) is 0 Å². The summed E-state index contributed by atoms with van der Waals surface area (Å²) in [6.45, 7) is 2.67. The fraction of sp³-hybridized carbons (Fsp3) is 0.333. The highest BCUT2D eigenvalue weighted by Crippen LogP contribution is 2.28. The van der Waals surface area contributed by atoms with Gasteiger partial charge in [0.1, 0.15) is 0 Å². The van der Waals surface area contributed by atoms with Crippen LogP contribution < -0.4 is 15.5 Å². The van der Waals surface area contributed by atoms with Gasteiger partial charge in [0, 0.05) is 42.9 Å². The Morgan fingerprint density at radius 2 is 2.25 bits per heavy atom. The van der Waals surface area contributed by atoms with Gasteiger partial charge in [-0.15, -0.1) is 11.3 Å². The number of rotatable bonds is 4. The fourth-order valence-electron chi connectivity index (χ4n) is 2.80. The molecular formula is C18H21N3O2S. The second-order valence-electron chi connectivity index (χ2n) is 6.11. The smallest absolute Gasteiger partial charge is 0.251 e. The number of hydrogen-bond acceptors (Lipinski definition) is 4. The zero-order chi connectivity index (χ0) is 17.1. The lowest BCUT2D eigenvalue weighted by atomic mass is 10.1. The van der Waals surface area contributed by atoms with Gasteiger partial charge >= 0.3 is 0 Å². The van der Waals surface area contributed by atoms with Gasteiger partial charge in [-0.2, -0.15) is 0 Å². The molecule has 1 aliphatic heterocycles. The van der Waals surface area contributed by atoms with E-state index in [0.29, 0.717) is 24.2 Å². The monoisotopic (exact) mass is 343 g/mol. The number of anilines is 2. The maximum Gasteiger partial charge on any atom is 0.251 e. The van der Waals surface area contributed by atoms with E-state index in [1.165, 1.54) is 4.88 Å². The number of hydrogen-bond donors (Lipinski definition) is 2. The molecule has 2 aromatic rings. The van der Waals surface area contributed by atoms with Crippen molar-refractivity contribution < 1.29 is 9.59 Å². The quantitative estimate of drug-likeness (QED) is 0.897. The lowest BCUT2D eigenvalue weighted by molar-refractivity contribution is -0.115. The summed E-state index contributed by atoms with van der Waals surface area (Å²) in [6.07, 6.45) is 1.26. The number of benzene rings is 1. The van der Waals surface area contributed by atoms with Crippen molar-refractivity contribution in [1.82, 2.24) is 5.32 Å². The third kappa shape index (κ3) is 3.76. The summed E-state index contributed by atoms with van der Waals surface area (Å²) in [6, 6.07) is 9.58. The standard InChI is InChI=1S/C18H21N3O2S/c1-12(10-14-4-3-9-24-14)19-18(23)13-5-6-16-15(11-13)20-17(22)7-8-21(16)2/h3-6,9,11-12H,7-8,10H2,1-2H3,(H,19,23)(H,20,22). The average molecular weight is 343 g/mol. The largest absolute Gasteiger partial charge is 0.372 e. The van der Waals surface area contributed by atoms with Crippen molar-refractivity contribution in [3.8, 4) is 0 Å². The van der Waals surface area contributed by atoms with Crippen LogP contribution in [0.15, 0.2) is 35.7 Å². The van der Waals surface area contributed by atoms with Crippen molar-refractivity contribution in [3.05, 3.63) is 46.2 Å². The number of amides is 2. The normalized spacial score (nSPS) is 15.2. The topological polar surface area (TPSA) is 61.4 Å². The van der Waals surface area contributed by atoms with Crippen LogP contribution in [0.4, 0.5) is 11.4 Å². The Morgan fingerprint density at radius 1 is 1.42 bits per heavy atom. The first kappa shape index (κ1) is 16.5. The first-order valence-electron chi connectivity index (χ1n) is 8.01. The van der Waals surface area contributed by atoms with Crippen LogP contribution in [-0.4, -0.2) is 31.4 Å². The molecule has 6 heteroatoms. The summed E-state index contributed by atoms with van der Waals surface area (Å²) < 4.78 is 0. The minimum atomic E-state index is -0.122. The molecule has 0 spiro atoms. The molecule has 24 heavy (non-hydrogen) atoms. The number of carbonyl (C=O) groups excluding carboxylic acids is 2. The van der Waals surface area contributed by atoms with Gasteiger partial charge in [0.2, 0.25) is 5.91 Å². The lowest BCUT2D eigenvalue weighted by Gasteiger charge is -2.19. The number of carbonyl (C=O) groups is 2. The second kappa shape index (κ2) is 7.05. The molecule has 2 N–H and O–H groups in total. The molecule has 1 aromatic carbocycles. The SMILES string of the molecule is CC(Cc1cccs1)NC(=O)c1ccc2c(c1)NC(=O)CCN2C. The van der Waals surface area contributed by atoms with Gasteiger partial charge in [-0.05, 0) is 36.6 Å². The molecule has 1 aliphatic rings. The third-order valence-electron chi connectivity index (χ3n) is 4.08. The van der Waals surface area contributed by atoms with Crippen molar-refractivity contribution >= 4 is 34.5 Å². The molecule has 0 bridgehead atoms. The minimum Gasteiger partial charge on any atom is -0.372 e. The highest BCUT2D eigenvalue weighted by atomic mass is 32.1. The Labute approximate surface area is 145 Å². The molecule has 126 valence electrons. The van der Waals surface area contributed by atoms with Crippen LogP contribution in [0.1, 0.15) is 28.6 Å². The molecule has 5 nitrogen and oxygen atoms in total. The maximum atomic E-state index is 12.5. The molecule has 0 aliphatic carbocycles. The van der Waals surface area contributed by atoms with Crippen molar-refractivity contribution in [2.75, 3.05) is 23.8 Å². The molecule has 1 aromatic heterocycles. The maximum absolute atomic E-state index is 12.5. The molecule has 0 fully saturated rings. The van der Waals surface area contributed by atoms with E-state index in [1.807, 2.05) is 36.4 Å². The van der Waals surface area contributed by atoms with Crippen molar-refractivity contribution in [3.63, 3.8) is 0 Å². The summed E-state index contributed by atoms with van der Waals surface area (Å²) in [7, 11) is 1.95. The molecule has 1 unspecified atom stereocenters. The van der Waals surface area contributed by atoms with Gasteiger partial charge in [0.25, 0.3) is 5.91 Å². The molecular weight excluding hydrogens is 322 g/mol. The Bertz CT molecular complexity index is 743. The second-order valence-corrected chi connectivity index (χ2v) is 7.14. The van der Waals surface area contributed by atoms with Gasteiger partial charge < -0.3 is 15.5 Å². The number of nitrogens with zero attached hydrogens (tertiary/aromatic N) is 1. The average Bonchev–Trinajstić information content (AvgIpc) is 3.00. The van der Waals surface area contributed by atoms with Gasteiger partial charge in [-0.25, -0.2) is 0 Å². The van der Waals surface area contributed by atoms with Gasteiger partial charge in [-0.1, -0.05) is 6.07 Å². The summed E-state index contributed by atoms with van der Waals surface area (Å²) in [4.78, 5) is 27.5. The Hall–Kier alpha value is -2.34. The Balaban J connectivity index is 1.72. The summed E-state index contributed by atoms with van der Waals surface area (Å²) in [5.41, 5.74) is 2.19. The highest BCUT2D eigenvalue weighted by Gasteiger charge is 2.19. The van der Waals surface area contributed by atoms with Gasteiger partial charge in [-0.3, -0.25) is 9.59 Å². The summed E-state index contributed by atoms with van der Waals surface area (Å²) >= 11 is 1.69. The fourth-order valence-corrected chi connectivity index (χ4v) is 3.64. The first-order chi connectivity index (χ1) is 11.5. The molecule has 1 atom stereocenters. The predicted molar refractivity (Wildman–Crippen MR) is 97.9 cm³/mol. The molecule has 2 amide bonds. The minimum absolute atomic E-state index is 0.0239. The van der Waals surface area contributed by atoms with E-state index in [1.54, 1.807) is 23.5 Å². The van der Waals surface area contributed by atoms with E-state index in [-0.39, 0.29) is 17.9 Å². The third-order valence-corrected chi connectivity index (χ3v) is 4.98. The molecule has 0 saturated carbocycles. The van der Waals surface area contributed by atoms with Gasteiger partial charge in [0.15, 0.2) is 0 Å². The lowest BCUT2D eigenvalue weighted by Crippen LogP contribution is -2.34. The number of thiophene rings is 1. The number of fused-ring (bicyclic) bond motifs is 1. The Kier molecular flexibility index (Phi) is 4.85. The zero-order valence-corrected chi connectivity index (χ0v) is 14.7. The van der Waals surface area contributed by atoms with Crippen LogP contribution in [0.3, 0.4) is 0 Å². The van der Waals surface area contributed by atoms with Crippen LogP contribution in [0, 0.1) is 0 Å². The van der Waals surface area contributed by atoms with Crippen molar-refractivity contribution in [2.45, 2.75) is 25.8 Å². The first-order valence-corrected chi connectivity index (χ1v) is 8.89. The summed E-state index contributed by atoms with van der Waals surface area (Å²) in [5.74, 6) is -0.146. The van der Waals surface area contributed by atoms with E-state index in [2.05, 4.69) is 16.7 Å². The zero-order valence-electron chi connectivity index (χ0n) is 13.8. The van der Waals surface area contributed by atoms with E-state index >= 15 is 0 Å². The molecule has 2 heterocycles. The van der Waals surface area contributed by atoms with E-state index in [0.717, 1.165) is 12.1 Å². The van der Waals surface area contributed by atoms with E-state index in [9.17, 15) is 9.59 Å². The van der Waals surface area contributed by atoms with Crippen molar-refractivity contribution in [2.24, 2.45) is 0 Å². The number of nitrogens with one attached hydrogen (secondary N) is 2. The highest BCUT2D eigenvalue weighted by molar-refractivity contribution is 7.09. The Morgan fingerprint density at radius 3 is 3.00 bits per heavy atom.